The van der Waals surface area contributed by atoms with Gasteiger partial charge in [0.15, 0.2) is 0 Å². The zero-order valence-electron chi connectivity index (χ0n) is 21.6. The van der Waals surface area contributed by atoms with Gasteiger partial charge in [-0.05, 0) is 39.6 Å². The molecule has 4 aromatic carbocycles. The summed E-state index contributed by atoms with van der Waals surface area (Å²) in [5.74, 6) is -0.397. The van der Waals surface area contributed by atoms with Crippen molar-refractivity contribution in [1.82, 2.24) is 15.6 Å². The van der Waals surface area contributed by atoms with Gasteiger partial charge in [-0.3, -0.25) is 10.1 Å². The molecule has 0 amide bonds. The number of carboxylic acids is 1. The number of ether oxygens (including phenoxy) is 2. The van der Waals surface area contributed by atoms with Crippen LogP contribution in [-0.4, -0.2) is 39.1 Å². The second-order valence-electron chi connectivity index (χ2n) is 9.15. The summed E-state index contributed by atoms with van der Waals surface area (Å²) in [7, 11) is 0. The van der Waals surface area contributed by atoms with Gasteiger partial charge in [0.05, 0.1) is 16.7 Å². The number of carbonyl (C=O) groups is 1. The number of nitrogens with zero attached hydrogens (tertiary/aromatic N) is 2. The van der Waals surface area contributed by atoms with Crippen molar-refractivity contribution in [3.8, 4) is 22.6 Å². The number of aromatic nitrogens is 2. The standard InChI is InChI=1S/C30H25Cl2N3O6/c31-23-12-21(14-33-26(15-36)30(37)38)27(39-16-18-9-10-24-25(11-18)35-41-34-24)13-28(23)40-17-20-7-4-8-22(29(20)32)19-5-2-1-3-6-19/h1-13,26,33,36H,14-17H2,(H,37,38). The SMILES string of the molecule is O=C(O)C(CO)NCc1cc(Cl)c(OCc2cccc(-c3ccccc3)c2Cl)cc1OCc1ccc2nonc2c1. The van der Waals surface area contributed by atoms with E-state index in [4.69, 9.17) is 37.3 Å². The van der Waals surface area contributed by atoms with Crippen LogP contribution in [0, 0.1) is 0 Å². The highest BCUT2D eigenvalue weighted by Crippen LogP contribution is 2.36. The van der Waals surface area contributed by atoms with Gasteiger partial charge in [-0.15, -0.1) is 0 Å². The van der Waals surface area contributed by atoms with Crippen LogP contribution in [0.5, 0.6) is 11.5 Å². The molecule has 0 spiro atoms. The van der Waals surface area contributed by atoms with Gasteiger partial charge < -0.3 is 19.7 Å². The molecule has 0 bridgehead atoms. The molecule has 1 atom stereocenters. The molecule has 210 valence electrons. The van der Waals surface area contributed by atoms with E-state index in [0.29, 0.717) is 38.1 Å². The average molecular weight is 594 g/mol. The van der Waals surface area contributed by atoms with Crippen LogP contribution in [0.4, 0.5) is 0 Å². The first kappa shape index (κ1) is 28.4. The third-order valence-corrected chi connectivity index (χ3v) is 7.14. The van der Waals surface area contributed by atoms with Crippen LogP contribution in [0.3, 0.4) is 0 Å². The summed E-state index contributed by atoms with van der Waals surface area (Å²) in [6.07, 6.45) is 0. The lowest BCUT2D eigenvalue weighted by atomic mass is 10.0. The van der Waals surface area contributed by atoms with Crippen molar-refractivity contribution in [3.05, 3.63) is 106 Å². The van der Waals surface area contributed by atoms with E-state index in [-0.39, 0.29) is 19.8 Å². The van der Waals surface area contributed by atoms with Crippen molar-refractivity contribution in [1.29, 1.82) is 0 Å². The van der Waals surface area contributed by atoms with E-state index in [2.05, 4.69) is 15.6 Å². The number of halogens is 2. The highest BCUT2D eigenvalue weighted by atomic mass is 35.5. The number of aliphatic hydroxyl groups excluding tert-OH is 1. The monoisotopic (exact) mass is 593 g/mol. The summed E-state index contributed by atoms with van der Waals surface area (Å²) in [6, 6.07) is 23.1. The van der Waals surface area contributed by atoms with Gasteiger partial charge >= 0.3 is 5.97 Å². The number of hydrogen-bond acceptors (Lipinski definition) is 8. The van der Waals surface area contributed by atoms with E-state index < -0.39 is 18.6 Å². The maximum Gasteiger partial charge on any atom is 0.323 e. The minimum Gasteiger partial charge on any atom is -0.488 e. The normalized spacial score (nSPS) is 11.9. The van der Waals surface area contributed by atoms with Crippen molar-refractivity contribution in [3.63, 3.8) is 0 Å². The summed E-state index contributed by atoms with van der Waals surface area (Å²) >= 11 is 13.3. The van der Waals surface area contributed by atoms with E-state index in [0.717, 1.165) is 22.3 Å². The van der Waals surface area contributed by atoms with Crippen molar-refractivity contribution in [2.24, 2.45) is 0 Å². The van der Waals surface area contributed by atoms with E-state index in [1.807, 2.05) is 54.6 Å². The third kappa shape index (κ3) is 6.78. The van der Waals surface area contributed by atoms with Crippen molar-refractivity contribution in [2.45, 2.75) is 25.8 Å². The van der Waals surface area contributed by atoms with Crippen LogP contribution in [0.2, 0.25) is 10.0 Å². The van der Waals surface area contributed by atoms with Gasteiger partial charge in [0.2, 0.25) is 0 Å². The Balaban J connectivity index is 1.38. The number of benzene rings is 4. The van der Waals surface area contributed by atoms with Gasteiger partial charge in [-0.2, -0.15) is 0 Å². The molecule has 1 unspecified atom stereocenters. The molecule has 41 heavy (non-hydrogen) atoms. The van der Waals surface area contributed by atoms with Crippen LogP contribution in [0.1, 0.15) is 16.7 Å². The molecular formula is C30H25Cl2N3O6. The van der Waals surface area contributed by atoms with Crippen LogP contribution >= 0.6 is 23.2 Å². The number of aliphatic hydroxyl groups is 1. The van der Waals surface area contributed by atoms with E-state index >= 15 is 0 Å². The first-order valence-electron chi connectivity index (χ1n) is 12.6. The molecule has 11 heteroatoms. The van der Waals surface area contributed by atoms with Gasteiger partial charge in [-0.1, -0.05) is 77.8 Å². The van der Waals surface area contributed by atoms with Crippen molar-refractivity contribution < 1.29 is 29.1 Å². The van der Waals surface area contributed by atoms with Gasteiger partial charge in [0.1, 0.15) is 41.8 Å². The minimum atomic E-state index is -1.18. The predicted octanol–water partition coefficient (Wildman–Crippen LogP) is 5.89. The molecule has 0 radical (unpaired) electrons. The Kier molecular flexibility index (Phi) is 9.01. The molecule has 0 aliphatic carbocycles. The Morgan fingerprint density at radius 3 is 2.44 bits per heavy atom. The van der Waals surface area contributed by atoms with E-state index in [9.17, 15) is 15.0 Å². The number of aliphatic carboxylic acids is 1. The Morgan fingerprint density at radius 2 is 1.66 bits per heavy atom. The summed E-state index contributed by atoms with van der Waals surface area (Å²) in [5, 5.41) is 30.1. The molecule has 5 aromatic rings. The Bertz CT molecular complexity index is 1660. The molecule has 0 saturated carbocycles. The van der Waals surface area contributed by atoms with Gasteiger partial charge in [0.25, 0.3) is 0 Å². The average Bonchev–Trinajstić information content (AvgIpc) is 3.45. The highest BCUT2D eigenvalue weighted by Gasteiger charge is 2.18. The number of carboxylic acid groups (broad SMARTS) is 1. The van der Waals surface area contributed by atoms with E-state index in [1.54, 1.807) is 24.3 Å². The fourth-order valence-electron chi connectivity index (χ4n) is 4.19. The Labute approximate surface area is 245 Å². The van der Waals surface area contributed by atoms with Gasteiger partial charge in [0, 0.05) is 29.3 Å². The third-order valence-electron chi connectivity index (χ3n) is 6.39. The predicted molar refractivity (Wildman–Crippen MR) is 154 cm³/mol. The van der Waals surface area contributed by atoms with Crippen LogP contribution in [0.25, 0.3) is 22.2 Å². The minimum absolute atomic E-state index is 0.0735. The summed E-state index contributed by atoms with van der Waals surface area (Å²) in [5.41, 5.74) is 5.27. The topological polar surface area (TPSA) is 127 Å². The second-order valence-corrected chi connectivity index (χ2v) is 9.94. The van der Waals surface area contributed by atoms with E-state index in [1.165, 1.54) is 0 Å². The first-order valence-corrected chi connectivity index (χ1v) is 13.4. The first-order chi connectivity index (χ1) is 19.9. The molecule has 0 aliphatic heterocycles. The summed E-state index contributed by atoms with van der Waals surface area (Å²) in [4.78, 5) is 11.4. The lowest BCUT2D eigenvalue weighted by Crippen LogP contribution is -2.39. The smallest absolute Gasteiger partial charge is 0.323 e. The Hall–Kier alpha value is -4.15. The van der Waals surface area contributed by atoms with Crippen LogP contribution in [0.15, 0.2) is 83.5 Å². The molecular weight excluding hydrogens is 569 g/mol. The molecule has 3 N–H and O–H groups in total. The summed E-state index contributed by atoms with van der Waals surface area (Å²) < 4.78 is 17.0. The molecule has 0 saturated heterocycles. The van der Waals surface area contributed by atoms with Crippen LogP contribution < -0.4 is 14.8 Å². The molecule has 1 aromatic heterocycles. The fourth-order valence-corrected chi connectivity index (χ4v) is 4.72. The number of fused-ring (bicyclic) bond motifs is 1. The van der Waals surface area contributed by atoms with Crippen molar-refractivity contribution in [2.75, 3.05) is 6.61 Å². The lowest BCUT2D eigenvalue weighted by molar-refractivity contribution is -0.140. The second kappa shape index (κ2) is 13.0. The zero-order valence-corrected chi connectivity index (χ0v) is 23.1. The molecule has 0 fully saturated rings. The number of rotatable bonds is 12. The molecule has 1 heterocycles. The van der Waals surface area contributed by atoms with Crippen molar-refractivity contribution >= 4 is 40.2 Å². The largest absolute Gasteiger partial charge is 0.488 e. The maximum atomic E-state index is 11.4. The highest BCUT2D eigenvalue weighted by molar-refractivity contribution is 6.34. The molecule has 5 rings (SSSR count). The fraction of sp³-hybridized carbons (Fsp3) is 0.167. The summed E-state index contributed by atoms with van der Waals surface area (Å²) in [6.45, 7) is -0.180. The number of nitrogens with one attached hydrogen (secondary N) is 1. The van der Waals surface area contributed by atoms with Gasteiger partial charge in [-0.25, -0.2) is 4.63 Å². The van der Waals surface area contributed by atoms with Crippen LogP contribution in [-0.2, 0) is 24.6 Å². The quantitative estimate of drug-likeness (QED) is 0.162. The molecule has 9 nitrogen and oxygen atoms in total. The molecule has 0 aliphatic rings. The lowest BCUT2D eigenvalue weighted by Gasteiger charge is -2.18. The zero-order chi connectivity index (χ0) is 28.8. The maximum absolute atomic E-state index is 11.4. The number of hydrogen-bond donors (Lipinski definition) is 3. The Morgan fingerprint density at radius 1 is 0.878 bits per heavy atom.